The maximum absolute atomic E-state index is 14.2. The van der Waals surface area contributed by atoms with E-state index >= 15 is 0 Å². The zero-order valence-corrected chi connectivity index (χ0v) is 17.4. The van der Waals surface area contributed by atoms with Gasteiger partial charge in [0.15, 0.2) is 18.0 Å². The lowest BCUT2D eigenvalue weighted by Crippen LogP contribution is -2.64. The molecular formula is C22H28O7. The predicted molar refractivity (Wildman–Crippen MR) is 99.5 cm³/mol. The van der Waals surface area contributed by atoms with Crippen LogP contribution in [0.2, 0.25) is 0 Å². The van der Waals surface area contributed by atoms with E-state index in [1.54, 1.807) is 6.92 Å². The van der Waals surface area contributed by atoms with Crippen molar-refractivity contribution in [2.45, 2.75) is 71.4 Å². The molecule has 158 valence electrons. The number of hydrogen-bond donors (Lipinski definition) is 1. The van der Waals surface area contributed by atoms with Crippen LogP contribution in [0.3, 0.4) is 0 Å². The van der Waals surface area contributed by atoms with E-state index in [0.29, 0.717) is 11.5 Å². The standard InChI is InChI=1S/C22H28O7/c1-9-8-21-10(2)6-12-16(20(12,4)5)15(17(21)25)13(24)7-14-22(21,29-19(26)28-14)18(9)27-11(3)23/h8,10,12-16,18,24H,6-7H2,1-5H3/t10-,12-,13-,14-,15+,16-,18+,21+,22+/m1/s1. The minimum Gasteiger partial charge on any atom is -0.454 e. The number of ketones is 1. The fourth-order valence-corrected chi connectivity index (χ4v) is 7.45. The van der Waals surface area contributed by atoms with Crippen LogP contribution in [0.25, 0.3) is 0 Å². The molecule has 0 amide bonds. The average Bonchev–Trinajstić information content (AvgIpc) is 2.90. The van der Waals surface area contributed by atoms with Gasteiger partial charge in [0.1, 0.15) is 0 Å². The third-order valence-electron chi connectivity index (χ3n) is 8.65. The molecule has 7 nitrogen and oxygen atoms in total. The number of carbonyl (C=O) groups excluding carboxylic acids is 3. The van der Waals surface area contributed by atoms with Crippen LogP contribution in [0.4, 0.5) is 4.79 Å². The summed E-state index contributed by atoms with van der Waals surface area (Å²) in [7, 11) is 0. The van der Waals surface area contributed by atoms with E-state index in [4.69, 9.17) is 14.2 Å². The van der Waals surface area contributed by atoms with Crippen molar-refractivity contribution >= 4 is 17.9 Å². The molecule has 3 saturated carbocycles. The summed E-state index contributed by atoms with van der Waals surface area (Å²) in [4.78, 5) is 38.5. The number of aliphatic hydroxyl groups excluding tert-OH is 1. The van der Waals surface area contributed by atoms with Gasteiger partial charge in [0.2, 0.25) is 5.60 Å². The van der Waals surface area contributed by atoms with Crippen molar-refractivity contribution < 1.29 is 33.7 Å². The summed E-state index contributed by atoms with van der Waals surface area (Å²) in [5, 5.41) is 11.1. The molecule has 0 aromatic carbocycles. The van der Waals surface area contributed by atoms with Gasteiger partial charge in [-0.15, -0.1) is 0 Å². The third-order valence-corrected chi connectivity index (χ3v) is 8.65. The summed E-state index contributed by atoms with van der Waals surface area (Å²) in [6.07, 6.45) is -0.869. The fraction of sp³-hybridized carbons (Fsp3) is 0.773. The van der Waals surface area contributed by atoms with Gasteiger partial charge >= 0.3 is 12.1 Å². The summed E-state index contributed by atoms with van der Waals surface area (Å²) in [5.41, 5.74) is -1.98. The molecule has 1 aliphatic heterocycles. The number of ether oxygens (including phenoxy) is 3. The van der Waals surface area contributed by atoms with Gasteiger partial charge in [0.25, 0.3) is 0 Å². The lowest BCUT2D eigenvalue weighted by Gasteiger charge is -2.46. The van der Waals surface area contributed by atoms with Crippen molar-refractivity contribution in [3.8, 4) is 0 Å². The summed E-state index contributed by atoms with van der Waals surface area (Å²) in [6.45, 7) is 9.42. The molecule has 1 heterocycles. The van der Waals surface area contributed by atoms with Crippen molar-refractivity contribution in [1.29, 1.82) is 0 Å². The Hall–Kier alpha value is -1.89. The van der Waals surface area contributed by atoms with Crippen LogP contribution < -0.4 is 0 Å². The predicted octanol–water partition coefficient (Wildman–Crippen LogP) is 2.40. The average molecular weight is 404 g/mol. The maximum atomic E-state index is 14.2. The molecule has 5 aliphatic rings. The highest BCUT2D eigenvalue weighted by molar-refractivity contribution is 5.95. The minimum atomic E-state index is -1.47. The van der Waals surface area contributed by atoms with Gasteiger partial charge in [-0.1, -0.05) is 26.8 Å². The largest absolute Gasteiger partial charge is 0.509 e. The first kappa shape index (κ1) is 19.1. The molecule has 9 atom stereocenters. The molecule has 1 saturated heterocycles. The van der Waals surface area contributed by atoms with Crippen molar-refractivity contribution in [3.05, 3.63) is 11.6 Å². The lowest BCUT2D eigenvalue weighted by atomic mass is 9.59. The topological polar surface area (TPSA) is 99.1 Å². The highest BCUT2D eigenvalue weighted by Crippen LogP contribution is 2.73. The molecule has 4 fully saturated rings. The summed E-state index contributed by atoms with van der Waals surface area (Å²) in [6, 6.07) is 0. The smallest absolute Gasteiger partial charge is 0.454 e. The van der Waals surface area contributed by atoms with Gasteiger partial charge in [-0.2, -0.15) is 0 Å². The van der Waals surface area contributed by atoms with E-state index in [1.165, 1.54) is 6.92 Å². The van der Waals surface area contributed by atoms with Crippen LogP contribution in [-0.2, 0) is 23.8 Å². The SMILES string of the molecule is CC(=O)O[C@H]1C(C)=C[C@@]23C(=O)[C@H]([C@H]4[C@@H](C[C@H]2C)C4(C)C)[C@H](O)C[C@H]2OC(=O)O[C@@]213. The Morgan fingerprint density at radius 2 is 1.97 bits per heavy atom. The summed E-state index contributed by atoms with van der Waals surface area (Å²) in [5.74, 6) is -0.939. The van der Waals surface area contributed by atoms with Crippen LogP contribution >= 0.6 is 0 Å². The second-order valence-corrected chi connectivity index (χ2v) is 10.3. The molecule has 29 heavy (non-hydrogen) atoms. The van der Waals surface area contributed by atoms with E-state index in [9.17, 15) is 19.5 Å². The zero-order chi connectivity index (χ0) is 21.1. The van der Waals surface area contributed by atoms with Gasteiger partial charge in [-0.3, -0.25) is 9.59 Å². The molecule has 5 rings (SSSR count). The second-order valence-electron chi connectivity index (χ2n) is 10.3. The van der Waals surface area contributed by atoms with E-state index in [1.807, 2.05) is 13.0 Å². The van der Waals surface area contributed by atoms with Crippen LogP contribution in [0.15, 0.2) is 11.6 Å². The van der Waals surface area contributed by atoms with Crippen molar-refractivity contribution in [2.24, 2.45) is 34.5 Å². The lowest BCUT2D eigenvalue weighted by molar-refractivity contribution is -0.178. The first-order chi connectivity index (χ1) is 13.5. The zero-order valence-electron chi connectivity index (χ0n) is 17.4. The number of esters is 1. The molecule has 1 N–H and O–H groups in total. The first-order valence-corrected chi connectivity index (χ1v) is 10.5. The first-order valence-electron chi connectivity index (χ1n) is 10.5. The minimum absolute atomic E-state index is 0.0199. The van der Waals surface area contributed by atoms with Crippen molar-refractivity contribution in [2.75, 3.05) is 0 Å². The summed E-state index contributed by atoms with van der Waals surface area (Å²) >= 11 is 0. The van der Waals surface area contributed by atoms with Crippen LogP contribution in [0, 0.1) is 34.5 Å². The Kier molecular flexibility index (Phi) is 3.57. The molecular weight excluding hydrogens is 376 g/mol. The van der Waals surface area contributed by atoms with E-state index in [-0.39, 0.29) is 29.5 Å². The number of rotatable bonds is 1. The Labute approximate surface area is 169 Å². The molecule has 0 aromatic heterocycles. The number of hydrogen-bond acceptors (Lipinski definition) is 7. The second kappa shape index (κ2) is 5.42. The number of Topliss-reactive ketones (excluding diaryl/α,β-unsaturated/α-hetero) is 1. The Bertz CT molecular complexity index is 859. The van der Waals surface area contributed by atoms with Gasteiger partial charge in [-0.05, 0) is 42.1 Å². The monoisotopic (exact) mass is 404 g/mol. The van der Waals surface area contributed by atoms with Crippen LogP contribution in [-0.4, -0.2) is 46.9 Å². The third kappa shape index (κ3) is 2.00. The Morgan fingerprint density at radius 1 is 1.28 bits per heavy atom. The Balaban J connectivity index is 1.76. The number of aliphatic hydroxyl groups is 1. The van der Waals surface area contributed by atoms with Crippen LogP contribution in [0.5, 0.6) is 0 Å². The molecule has 7 heteroatoms. The molecule has 2 bridgehead atoms. The normalized spacial score (nSPS) is 51.4. The van der Waals surface area contributed by atoms with E-state index < -0.39 is 47.4 Å². The number of carbonyl (C=O) groups is 3. The fourth-order valence-electron chi connectivity index (χ4n) is 7.45. The molecule has 2 spiro atoms. The highest BCUT2D eigenvalue weighted by Gasteiger charge is 2.81. The van der Waals surface area contributed by atoms with E-state index in [2.05, 4.69) is 13.8 Å². The molecule has 0 unspecified atom stereocenters. The quantitative estimate of drug-likeness (QED) is 0.529. The van der Waals surface area contributed by atoms with E-state index in [0.717, 1.165) is 6.42 Å². The highest BCUT2D eigenvalue weighted by atomic mass is 16.8. The maximum Gasteiger partial charge on any atom is 0.509 e. The number of fused-ring (bicyclic) bond motifs is 3. The van der Waals surface area contributed by atoms with Gasteiger partial charge in [-0.25, -0.2) is 4.79 Å². The Morgan fingerprint density at radius 3 is 2.62 bits per heavy atom. The van der Waals surface area contributed by atoms with Gasteiger partial charge < -0.3 is 19.3 Å². The van der Waals surface area contributed by atoms with Crippen LogP contribution in [0.1, 0.15) is 47.5 Å². The van der Waals surface area contributed by atoms with Crippen molar-refractivity contribution in [3.63, 3.8) is 0 Å². The van der Waals surface area contributed by atoms with Gasteiger partial charge in [0, 0.05) is 19.3 Å². The molecule has 4 aliphatic carbocycles. The molecule has 0 aromatic rings. The van der Waals surface area contributed by atoms with Crippen molar-refractivity contribution in [1.82, 2.24) is 0 Å². The van der Waals surface area contributed by atoms with Gasteiger partial charge in [0.05, 0.1) is 11.5 Å². The molecule has 0 radical (unpaired) electrons. The summed E-state index contributed by atoms with van der Waals surface area (Å²) < 4.78 is 17.0.